The average molecular weight is 364 g/mol. The van der Waals surface area contributed by atoms with E-state index >= 15 is 0 Å². The van der Waals surface area contributed by atoms with Crippen LogP contribution in [-0.2, 0) is 6.42 Å². The van der Waals surface area contributed by atoms with E-state index in [1.165, 1.54) is 5.56 Å². The van der Waals surface area contributed by atoms with E-state index in [4.69, 9.17) is 0 Å². The van der Waals surface area contributed by atoms with Gasteiger partial charge in [0, 0.05) is 37.1 Å². The van der Waals surface area contributed by atoms with Crippen LogP contribution in [0.5, 0.6) is 0 Å². The molecule has 7 heteroatoms. The molecule has 3 aromatic rings. The molecule has 2 N–H and O–H groups in total. The highest BCUT2D eigenvalue weighted by Crippen LogP contribution is 2.12. The van der Waals surface area contributed by atoms with Gasteiger partial charge >= 0.3 is 0 Å². The van der Waals surface area contributed by atoms with E-state index in [-0.39, 0.29) is 5.91 Å². The average Bonchev–Trinajstić information content (AvgIpc) is 3.10. The highest BCUT2D eigenvalue weighted by Gasteiger charge is 2.07. The first-order chi connectivity index (χ1) is 13.1. The second kappa shape index (κ2) is 8.44. The third kappa shape index (κ3) is 4.69. The summed E-state index contributed by atoms with van der Waals surface area (Å²) in [4.78, 5) is 25.3. The summed E-state index contributed by atoms with van der Waals surface area (Å²) in [5.41, 5.74) is 1.89. The number of aromatic nitrogens is 4. The molecule has 7 nitrogen and oxygen atoms in total. The van der Waals surface area contributed by atoms with Crippen molar-refractivity contribution in [1.29, 1.82) is 0 Å². The zero-order chi connectivity index (χ0) is 19.2. The Hall–Kier alpha value is -3.22. The molecule has 0 spiro atoms. The predicted molar refractivity (Wildman–Crippen MR) is 105 cm³/mol. The maximum absolute atomic E-state index is 12.2. The number of carbonyl (C=O) groups is 1. The van der Waals surface area contributed by atoms with Crippen molar-refractivity contribution in [3.8, 4) is 5.82 Å². The highest BCUT2D eigenvalue weighted by molar-refractivity contribution is 5.94. The molecule has 3 rings (SSSR count). The summed E-state index contributed by atoms with van der Waals surface area (Å²) in [6.07, 6.45) is 4.57. The Balaban J connectivity index is 1.55. The van der Waals surface area contributed by atoms with Gasteiger partial charge in [-0.1, -0.05) is 19.1 Å². The van der Waals surface area contributed by atoms with E-state index in [0.29, 0.717) is 30.3 Å². The van der Waals surface area contributed by atoms with Crippen molar-refractivity contribution in [3.05, 3.63) is 65.5 Å². The maximum Gasteiger partial charge on any atom is 0.251 e. The summed E-state index contributed by atoms with van der Waals surface area (Å²) in [6.45, 7) is 6.93. The van der Waals surface area contributed by atoms with Gasteiger partial charge in [0.25, 0.3) is 5.91 Å². The Morgan fingerprint density at radius 1 is 1.11 bits per heavy atom. The minimum Gasteiger partial charge on any atom is -0.368 e. The highest BCUT2D eigenvalue weighted by atomic mass is 16.1. The number of hydrogen-bond donors (Lipinski definition) is 2. The summed E-state index contributed by atoms with van der Waals surface area (Å²) in [6, 6.07) is 9.55. The molecule has 1 aromatic carbocycles. The number of anilines is 1. The van der Waals surface area contributed by atoms with Gasteiger partial charge in [-0.25, -0.2) is 15.0 Å². The topological polar surface area (TPSA) is 84.7 Å². The van der Waals surface area contributed by atoms with Crippen molar-refractivity contribution >= 4 is 11.7 Å². The molecule has 0 fully saturated rings. The molecule has 0 unspecified atom stereocenters. The van der Waals surface area contributed by atoms with Crippen molar-refractivity contribution in [2.75, 3.05) is 18.4 Å². The van der Waals surface area contributed by atoms with Crippen LogP contribution in [0.2, 0.25) is 0 Å². The maximum atomic E-state index is 12.2. The smallest absolute Gasteiger partial charge is 0.251 e. The molecular formula is C20H24N6O. The standard InChI is InChI=1S/C20H24N6O/c1-4-16-5-7-17(8-6-16)20(27)23-10-9-22-18-13-19(25-14(2)24-18)26-12-11-21-15(26)3/h5-8,11-13H,4,9-10H2,1-3H3,(H,23,27)(H,22,24,25). The molecule has 1 amide bonds. The van der Waals surface area contributed by atoms with Gasteiger partial charge in [-0.2, -0.15) is 0 Å². The van der Waals surface area contributed by atoms with Crippen LogP contribution in [0.25, 0.3) is 5.82 Å². The van der Waals surface area contributed by atoms with E-state index < -0.39 is 0 Å². The molecule has 0 atom stereocenters. The Morgan fingerprint density at radius 2 is 1.89 bits per heavy atom. The van der Waals surface area contributed by atoms with Crippen LogP contribution in [0.15, 0.2) is 42.7 Å². The third-order valence-corrected chi connectivity index (χ3v) is 4.24. The van der Waals surface area contributed by atoms with E-state index in [0.717, 1.165) is 18.1 Å². The lowest BCUT2D eigenvalue weighted by Gasteiger charge is -2.11. The van der Waals surface area contributed by atoms with Gasteiger partial charge < -0.3 is 10.6 Å². The Bertz CT molecular complexity index is 916. The second-order valence-electron chi connectivity index (χ2n) is 6.24. The molecule has 27 heavy (non-hydrogen) atoms. The number of amides is 1. The molecule has 0 saturated heterocycles. The lowest BCUT2D eigenvalue weighted by molar-refractivity contribution is 0.0955. The van der Waals surface area contributed by atoms with E-state index in [2.05, 4.69) is 32.5 Å². The first kappa shape index (κ1) is 18.6. The molecule has 0 aliphatic heterocycles. The number of nitrogens with zero attached hydrogens (tertiary/aromatic N) is 4. The quantitative estimate of drug-likeness (QED) is 0.630. The summed E-state index contributed by atoms with van der Waals surface area (Å²) < 4.78 is 1.90. The Kier molecular flexibility index (Phi) is 5.80. The van der Waals surface area contributed by atoms with Crippen LogP contribution < -0.4 is 10.6 Å². The Morgan fingerprint density at radius 3 is 2.56 bits per heavy atom. The van der Waals surface area contributed by atoms with Crippen molar-refractivity contribution in [1.82, 2.24) is 24.8 Å². The molecule has 0 aliphatic carbocycles. The fourth-order valence-electron chi connectivity index (χ4n) is 2.75. The summed E-state index contributed by atoms with van der Waals surface area (Å²) >= 11 is 0. The molecule has 0 saturated carbocycles. The van der Waals surface area contributed by atoms with Crippen LogP contribution >= 0.6 is 0 Å². The second-order valence-corrected chi connectivity index (χ2v) is 6.24. The van der Waals surface area contributed by atoms with Crippen molar-refractivity contribution in [3.63, 3.8) is 0 Å². The van der Waals surface area contributed by atoms with Gasteiger partial charge in [0.2, 0.25) is 0 Å². The Labute approximate surface area is 158 Å². The van der Waals surface area contributed by atoms with Crippen LogP contribution in [0, 0.1) is 13.8 Å². The van der Waals surface area contributed by atoms with Crippen LogP contribution in [0.4, 0.5) is 5.82 Å². The molecule has 0 radical (unpaired) electrons. The van der Waals surface area contributed by atoms with Gasteiger partial charge in [0.15, 0.2) is 0 Å². The van der Waals surface area contributed by atoms with Crippen LogP contribution in [-0.4, -0.2) is 38.5 Å². The number of aryl methyl sites for hydroxylation is 3. The SMILES string of the molecule is CCc1ccc(C(=O)NCCNc2cc(-n3ccnc3C)nc(C)n2)cc1. The number of benzene rings is 1. The first-order valence-corrected chi connectivity index (χ1v) is 9.04. The molecular weight excluding hydrogens is 340 g/mol. The number of carbonyl (C=O) groups excluding carboxylic acids is 1. The number of hydrogen-bond acceptors (Lipinski definition) is 5. The van der Waals surface area contributed by atoms with Crippen LogP contribution in [0.3, 0.4) is 0 Å². The summed E-state index contributed by atoms with van der Waals surface area (Å²) in [7, 11) is 0. The first-order valence-electron chi connectivity index (χ1n) is 9.04. The van der Waals surface area contributed by atoms with E-state index in [1.807, 2.05) is 54.9 Å². The number of rotatable bonds is 7. The lowest BCUT2D eigenvalue weighted by atomic mass is 10.1. The zero-order valence-corrected chi connectivity index (χ0v) is 15.9. The van der Waals surface area contributed by atoms with E-state index in [9.17, 15) is 4.79 Å². The summed E-state index contributed by atoms with van der Waals surface area (Å²) in [5, 5.41) is 6.15. The fraction of sp³-hybridized carbons (Fsp3) is 0.300. The number of imidazole rings is 1. The molecule has 2 aromatic heterocycles. The lowest BCUT2D eigenvalue weighted by Crippen LogP contribution is -2.29. The van der Waals surface area contributed by atoms with Gasteiger partial charge in [0.1, 0.15) is 23.3 Å². The van der Waals surface area contributed by atoms with E-state index in [1.54, 1.807) is 6.20 Å². The third-order valence-electron chi connectivity index (χ3n) is 4.24. The summed E-state index contributed by atoms with van der Waals surface area (Å²) in [5.74, 6) is 2.93. The normalized spacial score (nSPS) is 10.6. The zero-order valence-electron chi connectivity index (χ0n) is 15.9. The van der Waals surface area contributed by atoms with Gasteiger partial charge in [-0.3, -0.25) is 9.36 Å². The van der Waals surface area contributed by atoms with Gasteiger partial charge in [-0.15, -0.1) is 0 Å². The molecule has 2 heterocycles. The van der Waals surface area contributed by atoms with Crippen LogP contribution in [0.1, 0.15) is 34.5 Å². The van der Waals surface area contributed by atoms with Gasteiger partial charge in [0.05, 0.1) is 0 Å². The molecule has 0 aliphatic rings. The van der Waals surface area contributed by atoms with Crippen molar-refractivity contribution in [2.45, 2.75) is 27.2 Å². The van der Waals surface area contributed by atoms with Gasteiger partial charge in [-0.05, 0) is 38.0 Å². The molecule has 140 valence electrons. The predicted octanol–water partition coefficient (Wildman–Crippen LogP) is 2.68. The number of nitrogens with one attached hydrogen (secondary N) is 2. The molecule has 0 bridgehead atoms. The monoisotopic (exact) mass is 364 g/mol. The van der Waals surface area contributed by atoms with Crippen molar-refractivity contribution in [2.24, 2.45) is 0 Å². The largest absolute Gasteiger partial charge is 0.368 e. The minimum atomic E-state index is -0.0759. The minimum absolute atomic E-state index is 0.0759. The van der Waals surface area contributed by atoms with Crippen molar-refractivity contribution < 1.29 is 4.79 Å². The fourth-order valence-corrected chi connectivity index (χ4v) is 2.75.